The summed E-state index contributed by atoms with van der Waals surface area (Å²) in [4.78, 5) is 63.3. The lowest BCUT2D eigenvalue weighted by Gasteiger charge is -2.40. The minimum Gasteiger partial charge on any atom is -0.356 e. The topological polar surface area (TPSA) is 124 Å². The van der Waals surface area contributed by atoms with E-state index in [-0.39, 0.29) is 60.3 Å². The first kappa shape index (κ1) is 38.6. The summed E-state index contributed by atoms with van der Waals surface area (Å²) in [6.45, 7) is 7.09. The molecule has 2 saturated heterocycles. The molecule has 3 N–H and O–H groups in total. The Hall–Kier alpha value is -4.16. The van der Waals surface area contributed by atoms with Crippen LogP contribution in [0.3, 0.4) is 0 Å². The van der Waals surface area contributed by atoms with Gasteiger partial charge in [0.25, 0.3) is 5.91 Å². The highest BCUT2D eigenvalue weighted by Crippen LogP contribution is 2.35. The maximum absolute atomic E-state index is 13.7. The first-order chi connectivity index (χ1) is 25.7. The molecule has 1 aromatic heterocycles. The fourth-order valence-corrected chi connectivity index (χ4v) is 9.13. The van der Waals surface area contributed by atoms with Crippen LogP contribution in [0.5, 0.6) is 0 Å². The number of halogens is 1. The Morgan fingerprint density at radius 2 is 1.70 bits per heavy atom. The molecule has 7 rings (SSSR count). The van der Waals surface area contributed by atoms with Gasteiger partial charge < -0.3 is 20.9 Å². The van der Waals surface area contributed by atoms with Crippen LogP contribution in [0.2, 0.25) is 0 Å². The molecular weight excluding hydrogens is 692 g/mol. The van der Waals surface area contributed by atoms with Crippen molar-refractivity contribution in [3.05, 3.63) is 87.1 Å². The van der Waals surface area contributed by atoms with Gasteiger partial charge in [-0.05, 0) is 100 Å². The summed E-state index contributed by atoms with van der Waals surface area (Å²) >= 11 is 1.65. The van der Waals surface area contributed by atoms with Gasteiger partial charge in [0.15, 0.2) is 0 Å². The van der Waals surface area contributed by atoms with Crippen LogP contribution in [0.15, 0.2) is 54.6 Å². The van der Waals surface area contributed by atoms with Gasteiger partial charge in [-0.2, -0.15) is 0 Å². The molecule has 284 valence electrons. The number of fused-ring (bicyclic) bond motifs is 11. The summed E-state index contributed by atoms with van der Waals surface area (Å²) in [5, 5.41) is 10.2. The van der Waals surface area contributed by atoms with Gasteiger partial charge >= 0.3 is 0 Å². The molecule has 0 aliphatic carbocycles. The van der Waals surface area contributed by atoms with Crippen LogP contribution in [-0.4, -0.2) is 83.7 Å². The number of unbranched alkanes of at least 4 members (excludes halogenated alkanes) is 1. The van der Waals surface area contributed by atoms with Crippen molar-refractivity contribution in [1.29, 1.82) is 0 Å². The summed E-state index contributed by atoms with van der Waals surface area (Å²) in [7, 11) is 0. The number of thiazole rings is 1. The molecule has 10 nitrogen and oxygen atoms in total. The van der Waals surface area contributed by atoms with Crippen LogP contribution in [0, 0.1) is 24.6 Å². The third-order valence-electron chi connectivity index (χ3n) is 11.1. The Balaban J connectivity index is 1.11. The Kier molecular flexibility index (Phi) is 13.6. The number of hydrogen-bond donors (Lipinski definition) is 3. The number of likely N-dealkylation sites (tertiary alicyclic amines) is 1. The lowest BCUT2D eigenvalue weighted by atomic mass is 9.80. The van der Waals surface area contributed by atoms with Gasteiger partial charge in [0.05, 0.1) is 17.1 Å². The Morgan fingerprint density at radius 1 is 0.925 bits per heavy atom. The van der Waals surface area contributed by atoms with Crippen molar-refractivity contribution >= 4 is 35.0 Å². The highest BCUT2D eigenvalue weighted by molar-refractivity contribution is 7.11. The number of rotatable bonds is 8. The molecule has 4 bridgehead atoms. The number of carbonyl (C=O) groups is 4. The second-order valence-corrected chi connectivity index (χ2v) is 16.2. The van der Waals surface area contributed by atoms with E-state index in [1.165, 1.54) is 29.8 Å². The SMILES string of the molecule is Cc1sc2nc1CC(=O)N[C@@H](CCCCNC(=O)c1ccc(F)cc1)CC(=O)NCC[C@H]1CN(Cc3ccccc3)CC[C@H]1CC(=O)N1CCC2CC1. The summed E-state index contributed by atoms with van der Waals surface area (Å²) in [5.74, 6) is 0.107. The maximum Gasteiger partial charge on any atom is 0.251 e. The summed E-state index contributed by atoms with van der Waals surface area (Å²) in [6.07, 6.45) is 6.26. The molecule has 4 aliphatic heterocycles. The molecular formula is C41H53FN6O4S. The number of amides is 4. The summed E-state index contributed by atoms with van der Waals surface area (Å²) < 4.78 is 13.3. The van der Waals surface area contributed by atoms with Gasteiger partial charge in [-0.25, -0.2) is 9.37 Å². The van der Waals surface area contributed by atoms with Crippen LogP contribution in [0.1, 0.15) is 95.2 Å². The van der Waals surface area contributed by atoms with E-state index >= 15 is 0 Å². The minimum absolute atomic E-state index is 0.116. The molecule has 0 saturated carbocycles. The number of nitrogens with zero attached hydrogens (tertiary/aromatic N) is 3. The number of piperidine rings is 2. The molecule has 4 aliphatic rings. The van der Waals surface area contributed by atoms with Crippen molar-refractivity contribution in [1.82, 2.24) is 30.7 Å². The first-order valence-electron chi connectivity index (χ1n) is 19.3. The van der Waals surface area contributed by atoms with Crippen molar-refractivity contribution in [3.8, 4) is 0 Å². The highest BCUT2D eigenvalue weighted by atomic mass is 32.1. The first-order valence-corrected chi connectivity index (χ1v) is 20.1. The third kappa shape index (κ3) is 11.2. The van der Waals surface area contributed by atoms with Crippen LogP contribution in [0.4, 0.5) is 4.39 Å². The number of aryl methyl sites for hydroxylation is 1. The van der Waals surface area contributed by atoms with Gasteiger partial charge in [0.1, 0.15) is 5.82 Å². The molecule has 12 heteroatoms. The maximum atomic E-state index is 13.7. The molecule has 3 atom stereocenters. The fraction of sp³-hybridized carbons (Fsp3) is 0.537. The number of hydrogen-bond acceptors (Lipinski definition) is 7. The third-order valence-corrected chi connectivity index (χ3v) is 12.3. The predicted octanol–water partition coefficient (Wildman–Crippen LogP) is 5.36. The molecule has 3 aromatic rings. The second kappa shape index (κ2) is 18.7. The van der Waals surface area contributed by atoms with Crippen LogP contribution in [0.25, 0.3) is 0 Å². The fourth-order valence-electron chi connectivity index (χ4n) is 8.03. The largest absolute Gasteiger partial charge is 0.356 e. The normalized spacial score (nSPS) is 23.5. The molecule has 53 heavy (non-hydrogen) atoms. The van der Waals surface area contributed by atoms with Crippen LogP contribution >= 0.6 is 11.3 Å². The number of aromatic nitrogens is 1. The summed E-state index contributed by atoms with van der Waals surface area (Å²) in [5.41, 5.74) is 2.44. The second-order valence-electron chi connectivity index (χ2n) is 15.0. The lowest BCUT2D eigenvalue weighted by Crippen LogP contribution is -2.45. The van der Waals surface area contributed by atoms with E-state index in [0.717, 1.165) is 74.0 Å². The molecule has 2 fully saturated rings. The minimum atomic E-state index is -0.394. The van der Waals surface area contributed by atoms with Crippen molar-refractivity contribution < 1.29 is 23.6 Å². The van der Waals surface area contributed by atoms with E-state index in [2.05, 4.69) is 45.1 Å². The Morgan fingerprint density at radius 3 is 2.47 bits per heavy atom. The molecule has 2 aromatic carbocycles. The number of nitrogens with one attached hydrogen (secondary N) is 3. The van der Waals surface area contributed by atoms with Crippen molar-refractivity contribution in [3.63, 3.8) is 0 Å². The van der Waals surface area contributed by atoms with E-state index in [0.29, 0.717) is 44.3 Å². The van der Waals surface area contributed by atoms with Gasteiger partial charge in [0.2, 0.25) is 17.7 Å². The van der Waals surface area contributed by atoms with Crippen molar-refractivity contribution in [2.45, 2.75) is 89.6 Å². The van der Waals surface area contributed by atoms with E-state index < -0.39 is 5.82 Å². The Labute approximate surface area is 316 Å². The van der Waals surface area contributed by atoms with Gasteiger partial charge in [-0.1, -0.05) is 30.3 Å². The van der Waals surface area contributed by atoms with Crippen molar-refractivity contribution in [2.24, 2.45) is 11.8 Å². The average Bonchev–Trinajstić information content (AvgIpc) is 3.51. The zero-order valence-corrected chi connectivity index (χ0v) is 31.6. The smallest absolute Gasteiger partial charge is 0.251 e. The molecule has 5 heterocycles. The monoisotopic (exact) mass is 744 g/mol. The zero-order chi connectivity index (χ0) is 37.2. The predicted molar refractivity (Wildman–Crippen MR) is 204 cm³/mol. The van der Waals surface area contributed by atoms with Gasteiger partial charge in [-0.15, -0.1) is 11.3 Å². The molecule has 0 unspecified atom stereocenters. The number of benzene rings is 2. The standard InChI is InChI=1S/C41H53FN6O4S/c1-28-36-25-38(50)45-35(9-5-6-18-44-40(52)30-10-12-34(42)13-11-30)24-37(49)43-19-14-33-27-47(26-29-7-3-2-4-8-29)20-15-32(33)23-39(51)48-21-16-31(17-22-48)41(46-36)53-28/h2-4,7-8,10-13,31-33,35H,5-6,9,14-27H2,1H3,(H,43,49)(H,44,52)(H,45,50)/t32-,33-,35-/m0/s1. The van der Waals surface area contributed by atoms with Crippen LogP contribution in [-0.2, 0) is 27.3 Å². The van der Waals surface area contributed by atoms with E-state index in [4.69, 9.17) is 4.98 Å². The lowest BCUT2D eigenvalue weighted by molar-refractivity contribution is -0.134. The zero-order valence-electron chi connectivity index (χ0n) is 30.8. The van der Waals surface area contributed by atoms with E-state index in [9.17, 15) is 23.6 Å². The average molecular weight is 745 g/mol. The van der Waals surface area contributed by atoms with E-state index in [1.807, 2.05) is 17.9 Å². The van der Waals surface area contributed by atoms with Crippen molar-refractivity contribution in [2.75, 3.05) is 39.3 Å². The Bertz CT molecular complexity index is 1690. The number of carbonyl (C=O) groups excluding carboxylic acids is 4. The molecule has 0 spiro atoms. The van der Waals surface area contributed by atoms with Gasteiger partial charge in [0, 0.05) is 74.5 Å². The summed E-state index contributed by atoms with van der Waals surface area (Å²) in [6, 6.07) is 15.5. The molecule has 0 radical (unpaired) electrons. The van der Waals surface area contributed by atoms with Gasteiger partial charge in [-0.3, -0.25) is 24.1 Å². The quantitative estimate of drug-likeness (QED) is 0.267. The highest BCUT2D eigenvalue weighted by Gasteiger charge is 2.34. The van der Waals surface area contributed by atoms with E-state index in [1.54, 1.807) is 11.3 Å². The molecule has 4 amide bonds. The van der Waals surface area contributed by atoms with Crippen LogP contribution < -0.4 is 16.0 Å².